The number of benzene rings is 1. The van der Waals surface area contributed by atoms with Gasteiger partial charge in [0.15, 0.2) is 0 Å². The van der Waals surface area contributed by atoms with Crippen LogP contribution in [0.15, 0.2) is 24.3 Å². The zero-order valence-corrected chi connectivity index (χ0v) is 10.9. The first-order valence-corrected chi connectivity index (χ1v) is 6.27. The number of amides is 1. The largest absolute Gasteiger partial charge is 0.497 e. The third-order valence-electron chi connectivity index (χ3n) is 3.35. The Morgan fingerprint density at radius 1 is 1.56 bits per heavy atom. The van der Waals surface area contributed by atoms with E-state index in [1.807, 2.05) is 29.2 Å². The summed E-state index contributed by atoms with van der Waals surface area (Å²) in [5, 5.41) is 0. The molecule has 18 heavy (non-hydrogen) atoms. The Bertz CT molecular complexity index is 434. The van der Waals surface area contributed by atoms with Gasteiger partial charge < -0.3 is 15.4 Å². The van der Waals surface area contributed by atoms with Crippen LogP contribution in [0.25, 0.3) is 0 Å². The average Bonchev–Trinajstić information content (AvgIpc) is 2.68. The van der Waals surface area contributed by atoms with E-state index in [9.17, 15) is 4.79 Å². The molecule has 0 bridgehead atoms. The Labute approximate surface area is 108 Å². The van der Waals surface area contributed by atoms with Crippen molar-refractivity contribution in [3.05, 3.63) is 29.8 Å². The first kappa shape index (κ1) is 12.9. The number of likely N-dealkylation sites (tertiary alicyclic amines) is 1. The van der Waals surface area contributed by atoms with Crippen LogP contribution in [0.5, 0.6) is 5.75 Å². The van der Waals surface area contributed by atoms with E-state index in [2.05, 4.69) is 6.92 Å². The van der Waals surface area contributed by atoms with E-state index in [-0.39, 0.29) is 11.9 Å². The molecule has 0 radical (unpaired) electrons. The highest BCUT2D eigenvalue weighted by Crippen LogP contribution is 2.22. The van der Waals surface area contributed by atoms with Gasteiger partial charge in [0, 0.05) is 25.6 Å². The summed E-state index contributed by atoms with van der Waals surface area (Å²) in [6.07, 6.45) is 0.644. The highest BCUT2D eigenvalue weighted by atomic mass is 16.5. The van der Waals surface area contributed by atoms with Gasteiger partial charge >= 0.3 is 0 Å². The number of carbonyl (C=O) groups excluding carboxylic acids is 1. The topological polar surface area (TPSA) is 55.6 Å². The van der Waals surface area contributed by atoms with Crippen molar-refractivity contribution in [2.24, 2.45) is 11.7 Å². The Morgan fingerprint density at radius 3 is 2.94 bits per heavy atom. The molecule has 1 fully saturated rings. The second kappa shape index (κ2) is 5.40. The van der Waals surface area contributed by atoms with E-state index in [1.54, 1.807) is 7.11 Å². The molecule has 4 nitrogen and oxygen atoms in total. The lowest BCUT2D eigenvalue weighted by molar-refractivity contribution is -0.127. The molecule has 1 aromatic rings. The van der Waals surface area contributed by atoms with Crippen molar-refractivity contribution in [1.29, 1.82) is 0 Å². The quantitative estimate of drug-likeness (QED) is 0.879. The molecule has 0 saturated carbocycles. The number of hydrogen-bond acceptors (Lipinski definition) is 3. The van der Waals surface area contributed by atoms with Crippen LogP contribution in [0.2, 0.25) is 0 Å². The van der Waals surface area contributed by atoms with Crippen LogP contribution >= 0.6 is 0 Å². The Morgan fingerprint density at radius 2 is 2.33 bits per heavy atom. The fourth-order valence-corrected chi connectivity index (χ4v) is 2.36. The predicted octanol–water partition coefficient (Wildman–Crippen LogP) is 1.56. The standard InChI is InChI=1S/C14H20N2O2/c1-10-6-14(17)16(8-10)9-13(15)11-4-3-5-12(7-11)18-2/h3-5,7,10,13H,6,8-9,15H2,1-2H3. The molecule has 2 unspecified atom stereocenters. The number of hydrogen-bond donors (Lipinski definition) is 1. The lowest BCUT2D eigenvalue weighted by Gasteiger charge is -2.21. The average molecular weight is 248 g/mol. The van der Waals surface area contributed by atoms with Crippen molar-refractivity contribution in [2.75, 3.05) is 20.2 Å². The molecule has 1 aliphatic heterocycles. The molecular weight excluding hydrogens is 228 g/mol. The molecule has 2 atom stereocenters. The summed E-state index contributed by atoms with van der Waals surface area (Å²) in [5.41, 5.74) is 7.16. The van der Waals surface area contributed by atoms with Crippen molar-refractivity contribution in [3.8, 4) is 5.75 Å². The summed E-state index contributed by atoms with van der Waals surface area (Å²) >= 11 is 0. The predicted molar refractivity (Wildman–Crippen MR) is 70.3 cm³/mol. The van der Waals surface area contributed by atoms with E-state index in [0.717, 1.165) is 17.9 Å². The fourth-order valence-electron chi connectivity index (χ4n) is 2.36. The third-order valence-corrected chi connectivity index (χ3v) is 3.35. The minimum atomic E-state index is -0.158. The second-order valence-electron chi connectivity index (χ2n) is 4.99. The van der Waals surface area contributed by atoms with Crippen LogP contribution in [0.1, 0.15) is 24.9 Å². The molecule has 0 spiro atoms. The lowest BCUT2D eigenvalue weighted by Crippen LogP contribution is -2.33. The second-order valence-corrected chi connectivity index (χ2v) is 4.99. The molecule has 1 saturated heterocycles. The lowest BCUT2D eigenvalue weighted by atomic mass is 10.1. The van der Waals surface area contributed by atoms with Crippen molar-refractivity contribution < 1.29 is 9.53 Å². The van der Waals surface area contributed by atoms with Crippen LogP contribution < -0.4 is 10.5 Å². The molecule has 1 heterocycles. The zero-order valence-electron chi connectivity index (χ0n) is 10.9. The van der Waals surface area contributed by atoms with Gasteiger partial charge in [-0.2, -0.15) is 0 Å². The van der Waals surface area contributed by atoms with Crippen molar-refractivity contribution >= 4 is 5.91 Å². The van der Waals surface area contributed by atoms with Crippen molar-refractivity contribution in [1.82, 2.24) is 4.90 Å². The van der Waals surface area contributed by atoms with E-state index >= 15 is 0 Å². The Hall–Kier alpha value is -1.55. The smallest absolute Gasteiger partial charge is 0.222 e. The summed E-state index contributed by atoms with van der Waals surface area (Å²) in [6.45, 7) is 3.49. The first-order chi connectivity index (χ1) is 8.60. The Balaban J connectivity index is 2.03. The molecule has 2 rings (SSSR count). The molecule has 1 aromatic carbocycles. The summed E-state index contributed by atoms with van der Waals surface area (Å²) in [7, 11) is 1.64. The van der Waals surface area contributed by atoms with Crippen LogP contribution in [-0.4, -0.2) is 31.0 Å². The van der Waals surface area contributed by atoms with Gasteiger partial charge in [0.2, 0.25) is 5.91 Å². The van der Waals surface area contributed by atoms with E-state index in [1.165, 1.54) is 0 Å². The van der Waals surface area contributed by atoms with Gasteiger partial charge in [-0.1, -0.05) is 19.1 Å². The summed E-state index contributed by atoms with van der Waals surface area (Å²) in [6, 6.07) is 7.54. The van der Waals surface area contributed by atoms with Crippen molar-refractivity contribution in [3.63, 3.8) is 0 Å². The van der Waals surface area contributed by atoms with Gasteiger partial charge in [0.05, 0.1) is 7.11 Å². The molecular formula is C14H20N2O2. The normalized spacial score (nSPS) is 21.2. The summed E-state index contributed by atoms with van der Waals surface area (Å²) < 4.78 is 5.18. The molecule has 1 amide bonds. The number of nitrogens with two attached hydrogens (primary N) is 1. The number of carbonyl (C=O) groups is 1. The summed E-state index contributed by atoms with van der Waals surface area (Å²) in [4.78, 5) is 13.6. The maximum Gasteiger partial charge on any atom is 0.222 e. The molecule has 1 aliphatic rings. The van der Waals surface area contributed by atoms with Gasteiger partial charge in [0.25, 0.3) is 0 Å². The van der Waals surface area contributed by atoms with Gasteiger partial charge in [-0.05, 0) is 23.6 Å². The van der Waals surface area contributed by atoms with Gasteiger partial charge in [-0.25, -0.2) is 0 Å². The molecule has 2 N–H and O–H groups in total. The van der Waals surface area contributed by atoms with Gasteiger partial charge in [-0.3, -0.25) is 4.79 Å². The van der Waals surface area contributed by atoms with Gasteiger partial charge in [-0.15, -0.1) is 0 Å². The van der Waals surface area contributed by atoms with Crippen LogP contribution in [0, 0.1) is 5.92 Å². The highest BCUT2D eigenvalue weighted by Gasteiger charge is 2.27. The molecule has 0 aromatic heterocycles. The van der Waals surface area contributed by atoms with Gasteiger partial charge in [0.1, 0.15) is 5.75 Å². The maximum absolute atomic E-state index is 11.7. The molecule has 98 valence electrons. The van der Waals surface area contributed by atoms with Crippen molar-refractivity contribution in [2.45, 2.75) is 19.4 Å². The zero-order chi connectivity index (χ0) is 13.1. The number of methoxy groups -OCH3 is 1. The molecule has 0 aliphatic carbocycles. The monoisotopic (exact) mass is 248 g/mol. The van der Waals surface area contributed by atoms with E-state index in [4.69, 9.17) is 10.5 Å². The first-order valence-electron chi connectivity index (χ1n) is 6.27. The van der Waals surface area contributed by atoms with E-state index < -0.39 is 0 Å². The van der Waals surface area contributed by atoms with Crippen LogP contribution in [0.3, 0.4) is 0 Å². The molecule has 4 heteroatoms. The maximum atomic E-state index is 11.7. The number of nitrogens with zero attached hydrogens (tertiary/aromatic N) is 1. The Kier molecular flexibility index (Phi) is 3.87. The fraction of sp³-hybridized carbons (Fsp3) is 0.500. The van der Waals surface area contributed by atoms with Crippen LogP contribution in [0.4, 0.5) is 0 Å². The number of ether oxygens (including phenoxy) is 1. The minimum absolute atomic E-state index is 0.158. The minimum Gasteiger partial charge on any atom is -0.497 e. The SMILES string of the molecule is COc1cccc(C(N)CN2CC(C)CC2=O)c1. The van der Waals surface area contributed by atoms with E-state index in [0.29, 0.717) is 18.9 Å². The number of rotatable bonds is 4. The summed E-state index contributed by atoms with van der Waals surface area (Å²) in [5.74, 6) is 1.44. The third kappa shape index (κ3) is 2.82. The van der Waals surface area contributed by atoms with Crippen LogP contribution in [-0.2, 0) is 4.79 Å². The highest BCUT2D eigenvalue weighted by molar-refractivity contribution is 5.78.